The molecule has 2 aromatic rings. The van der Waals surface area contributed by atoms with Crippen LogP contribution in [-0.4, -0.2) is 28.3 Å². The summed E-state index contributed by atoms with van der Waals surface area (Å²) in [5.74, 6) is 1.50. The molecule has 30 heavy (non-hydrogen) atoms. The number of aromatic amines is 1. The van der Waals surface area contributed by atoms with Crippen LogP contribution in [0.25, 0.3) is 11.3 Å². The van der Waals surface area contributed by atoms with Gasteiger partial charge in [-0.1, -0.05) is 24.6 Å². The maximum Gasteiger partial charge on any atom is 0.224 e. The van der Waals surface area contributed by atoms with Crippen LogP contribution in [0.5, 0.6) is 0 Å². The molecular formula is C23H31N5O2. The smallest absolute Gasteiger partial charge is 0.224 e. The van der Waals surface area contributed by atoms with E-state index in [-0.39, 0.29) is 23.8 Å². The number of carbonyl (C=O) groups is 2. The number of rotatable bonds is 3. The number of imidazole rings is 1. The van der Waals surface area contributed by atoms with Gasteiger partial charge >= 0.3 is 0 Å². The Hall–Kier alpha value is -2.67. The lowest BCUT2D eigenvalue weighted by molar-refractivity contribution is -0.127. The predicted molar refractivity (Wildman–Crippen MR) is 117 cm³/mol. The number of fused-ring (bicyclic) bond motifs is 4. The Morgan fingerprint density at radius 2 is 1.93 bits per heavy atom. The fraction of sp³-hybridized carbons (Fsp3) is 0.522. The first kappa shape index (κ1) is 20.6. The third-order valence-corrected chi connectivity index (χ3v) is 6.42. The largest absolute Gasteiger partial charge is 0.346 e. The number of para-hydroxylation sites is 1. The van der Waals surface area contributed by atoms with Gasteiger partial charge in [0.1, 0.15) is 5.82 Å². The molecule has 1 aromatic heterocycles. The van der Waals surface area contributed by atoms with Crippen LogP contribution in [0.2, 0.25) is 0 Å². The summed E-state index contributed by atoms with van der Waals surface area (Å²) in [5.41, 5.74) is 8.19. The van der Waals surface area contributed by atoms with Crippen LogP contribution in [0.4, 0.5) is 5.69 Å². The van der Waals surface area contributed by atoms with Crippen LogP contribution >= 0.6 is 0 Å². The molecule has 1 aliphatic carbocycles. The van der Waals surface area contributed by atoms with Gasteiger partial charge in [-0.25, -0.2) is 4.98 Å². The molecule has 1 fully saturated rings. The van der Waals surface area contributed by atoms with Crippen LogP contribution in [0, 0.1) is 11.8 Å². The Morgan fingerprint density at radius 3 is 2.73 bits per heavy atom. The average molecular weight is 410 g/mol. The lowest BCUT2D eigenvalue weighted by atomic mass is 9.81. The van der Waals surface area contributed by atoms with E-state index in [1.807, 2.05) is 30.5 Å². The Bertz CT molecular complexity index is 885. The maximum absolute atomic E-state index is 13.0. The number of amides is 2. The molecular weight excluding hydrogens is 378 g/mol. The van der Waals surface area contributed by atoms with E-state index in [1.165, 1.54) is 0 Å². The van der Waals surface area contributed by atoms with E-state index in [1.54, 1.807) is 0 Å². The minimum Gasteiger partial charge on any atom is -0.346 e. The van der Waals surface area contributed by atoms with Crippen molar-refractivity contribution in [2.45, 2.75) is 57.4 Å². The summed E-state index contributed by atoms with van der Waals surface area (Å²) in [6, 6.07) is 7.51. The van der Waals surface area contributed by atoms with Gasteiger partial charge in [-0.05, 0) is 57.1 Å². The van der Waals surface area contributed by atoms with Crippen molar-refractivity contribution in [1.29, 1.82) is 0 Å². The minimum atomic E-state index is -0.173. The highest BCUT2D eigenvalue weighted by atomic mass is 16.2. The molecule has 0 unspecified atom stereocenters. The highest BCUT2D eigenvalue weighted by Crippen LogP contribution is 2.31. The maximum atomic E-state index is 13.0. The van der Waals surface area contributed by atoms with Gasteiger partial charge in [0.05, 0.1) is 17.4 Å². The summed E-state index contributed by atoms with van der Waals surface area (Å²) in [5, 5.41) is 6.24. The monoisotopic (exact) mass is 409 g/mol. The summed E-state index contributed by atoms with van der Waals surface area (Å²) in [4.78, 5) is 33.3. The molecule has 7 nitrogen and oxygen atoms in total. The van der Waals surface area contributed by atoms with E-state index in [2.05, 4.69) is 15.6 Å². The molecule has 0 spiro atoms. The van der Waals surface area contributed by atoms with E-state index >= 15 is 0 Å². The summed E-state index contributed by atoms with van der Waals surface area (Å²) in [6.07, 6.45) is 8.54. The second-order valence-corrected chi connectivity index (χ2v) is 8.53. The summed E-state index contributed by atoms with van der Waals surface area (Å²) < 4.78 is 0. The quantitative estimate of drug-likeness (QED) is 0.621. The number of anilines is 1. The first-order valence-corrected chi connectivity index (χ1v) is 11.1. The summed E-state index contributed by atoms with van der Waals surface area (Å²) in [7, 11) is 0. The molecule has 2 amide bonds. The standard InChI is InChI=1S/C23H31N5O2/c24-13-15-9-11-16(12-10-15)23(30)28-19-7-3-4-8-21(29)26-18-6-2-1-5-17(18)20-14-25-22(19)27-20/h1-2,5-6,14-16,19H,3-4,7-13,24H2,(H,25,27)(H,26,29)(H,28,30)/t15-,16-,19-/m0/s1. The van der Waals surface area contributed by atoms with Crippen molar-refractivity contribution in [2.24, 2.45) is 17.6 Å². The molecule has 160 valence electrons. The van der Waals surface area contributed by atoms with Gasteiger partial charge in [0, 0.05) is 24.1 Å². The first-order valence-electron chi connectivity index (χ1n) is 11.1. The van der Waals surface area contributed by atoms with Crippen molar-refractivity contribution >= 4 is 17.5 Å². The molecule has 4 rings (SSSR count). The Kier molecular flexibility index (Phi) is 6.47. The van der Waals surface area contributed by atoms with Crippen LogP contribution < -0.4 is 16.4 Å². The second-order valence-electron chi connectivity index (χ2n) is 8.53. The highest BCUT2D eigenvalue weighted by Gasteiger charge is 2.28. The van der Waals surface area contributed by atoms with Crippen LogP contribution in [-0.2, 0) is 9.59 Å². The molecule has 2 bridgehead atoms. The zero-order valence-electron chi connectivity index (χ0n) is 17.3. The van der Waals surface area contributed by atoms with E-state index in [0.29, 0.717) is 18.9 Å². The zero-order valence-corrected chi connectivity index (χ0v) is 17.3. The van der Waals surface area contributed by atoms with Crippen molar-refractivity contribution < 1.29 is 9.59 Å². The Balaban J connectivity index is 1.53. The average Bonchev–Trinajstić information content (AvgIpc) is 3.25. The van der Waals surface area contributed by atoms with Crippen molar-refractivity contribution in [2.75, 3.05) is 11.9 Å². The summed E-state index contributed by atoms with van der Waals surface area (Å²) in [6.45, 7) is 0.710. The number of nitrogens with two attached hydrogens (primary N) is 1. The predicted octanol–water partition coefficient (Wildman–Crippen LogP) is 3.51. The fourth-order valence-electron chi connectivity index (χ4n) is 4.54. The molecule has 0 radical (unpaired) electrons. The Morgan fingerprint density at radius 1 is 1.13 bits per heavy atom. The molecule has 2 heterocycles. The SMILES string of the molecule is NC[C@H]1CC[C@H](C(=O)N[C@H]2CCCCC(=O)Nc3ccccc3-c3c[nH]c2n3)CC1. The van der Waals surface area contributed by atoms with Gasteiger partial charge in [-0.3, -0.25) is 9.59 Å². The second kappa shape index (κ2) is 9.43. The topological polar surface area (TPSA) is 113 Å². The zero-order chi connectivity index (χ0) is 20.9. The fourth-order valence-corrected chi connectivity index (χ4v) is 4.54. The van der Waals surface area contributed by atoms with E-state index in [9.17, 15) is 9.59 Å². The number of nitrogens with one attached hydrogen (secondary N) is 3. The van der Waals surface area contributed by atoms with Crippen LogP contribution in [0.15, 0.2) is 30.5 Å². The third kappa shape index (κ3) is 4.73. The molecule has 0 saturated heterocycles. The molecule has 1 saturated carbocycles. The van der Waals surface area contributed by atoms with Gasteiger partial charge in [0.15, 0.2) is 0 Å². The van der Waals surface area contributed by atoms with Crippen molar-refractivity contribution in [3.05, 3.63) is 36.3 Å². The third-order valence-electron chi connectivity index (χ3n) is 6.42. The van der Waals surface area contributed by atoms with E-state index < -0.39 is 0 Å². The van der Waals surface area contributed by atoms with Gasteiger partial charge < -0.3 is 21.4 Å². The Labute approximate surface area is 177 Å². The van der Waals surface area contributed by atoms with E-state index in [0.717, 1.165) is 67.7 Å². The van der Waals surface area contributed by atoms with Gasteiger partial charge in [0.25, 0.3) is 0 Å². The number of nitrogens with zero attached hydrogens (tertiary/aromatic N) is 1. The number of H-pyrrole nitrogens is 1. The van der Waals surface area contributed by atoms with Crippen molar-refractivity contribution in [1.82, 2.24) is 15.3 Å². The number of aromatic nitrogens is 2. The lowest BCUT2D eigenvalue weighted by Crippen LogP contribution is -2.37. The van der Waals surface area contributed by atoms with E-state index in [4.69, 9.17) is 10.7 Å². The van der Waals surface area contributed by atoms with Crippen LogP contribution in [0.1, 0.15) is 63.2 Å². The van der Waals surface area contributed by atoms with Gasteiger partial charge in [-0.2, -0.15) is 0 Å². The molecule has 2 aliphatic rings. The summed E-state index contributed by atoms with van der Waals surface area (Å²) >= 11 is 0. The molecule has 1 aromatic carbocycles. The van der Waals surface area contributed by atoms with Gasteiger partial charge in [-0.15, -0.1) is 0 Å². The van der Waals surface area contributed by atoms with Crippen molar-refractivity contribution in [3.63, 3.8) is 0 Å². The number of hydrogen-bond acceptors (Lipinski definition) is 4. The first-order chi connectivity index (χ1) is 14.6. The highest BCUT2D eigenvalue weighted by molar-refractivity contribution is 5.95. The minimum absolute atomic E-state index is 0.0102. The number of carbonyl (C=O) groups excluding carboxylic acids is 2. The number of benzene rings is 1. The lowest BCUT2D eigenvalue weighted by Gasteiger charge is -2.28. The molecule has 5 N–H and O–H groups in total. The van der Waals surface area contributed by atoms with Crippen molar-refractivity contribution in [3.8, 4) is 11.3 Å². The molecule has 1 aliphatic heterocycles. The normalized spacial score (nSPS) is 24.7. The molecule has 1 atom stereocenters. The number of hydrogen-bond donors (Lipinski definition) is 4. The van der Waals surface area contributed by atoms with Crippen LogP contribution in [0.3, 0.4) is 0 Å². The van der Waals surface area contributed by atoms with Gasteiger partial charge in [0.2, 0.25) is 11.8 Å². The molecule has 7 heteroatoms.